The van der Waals surface area contributed by atoms with Crippen molar-refractivity contribution in [2.75, 3.05) is 7.11 Å². The first-order valence-electron chi connectivity index (χ1n) is 4.95. The van der Waals surface area contributed by atoms with Gasteiger partial charge in [0.05, 0.1) is 16.9 Å². The van der Waals surface area contributed by atoms with Gasteiger partial charge in [0.2, 0.25) is 11.7 Å². The molecule has 0 spiro atoms. The number of aromatic nitrogens is 2. The van der Waals surface area contributed by atoms with Crippen LogP contribution in [-0.4, -0.2) is 28.2 Å². The number of nitro groups is 1. The molecule has 0 saturated heterocycles. The summed E-state index contributed by atoms with van der Waals surface area (Å²) in [6, 6.07) is 2.69. The zero-order valence-corrected chi connectivity index (χ0v) is 11.2. The lowest BCUT2D eigenvalue weighted by Gasteiger charge is -2.00. The SMILES string of the molecule is COc1ccc([N+](=O)[O-])c(N=Cc2cnc(Cl)s2)n1. The highest BCUT2D eigenvalue weighted by Crippen LogP contribution is 2.27. The van der Waals surface area contributed by atoms with Crippen LogP contribution in [-0.2, 0) is 0 Å². The van der Waals surface area contributed by atoms with Gasteiger partial charge in [0, 0.05) is 24.5 Å². The predicted octanol–water partition coefficient (Wildman–Crippen LogP) is 2.86. The van der Waals surface area contributed by atoms with Crippen molar-refractivity contribution in [2.24, 2.45) is 4.99 Å². The van der Waals surface area contributed by atoms with Crippen molar-refractivity contribution in [3.63, 3.8) is 0 Å². The van der Waals surface area contributed by atoms with E-state index in [-0.39, 0.29) is 17.4 Å². The van der Waals surface area contributed by atoms with Crippen molar-refractivity contribution in [2.45, 2.75) is 0 Å². The molecule has 9 heteroatoms. The number of ether oxygens (including phenoxy) is 1. The molecule has 2 rings (SSSR count). The summed E-state index contributed by atoms with van der Waals surface area (Å²) in [5, 5.41) is 10.9. The molecule has 0 amide bonds. The minimum atomic E-state index is -0.557. The molecule has 19 heavy (non-hydrogen) atoms. The monoisotopic (exact) mass is 298 g/mol. The fraction of sp³-hybridized carbons (Fsp3) is 0.100. The Bertz CT molecular complexity index is 643. The van der Waals surface area contributed by atoms with Crippen molar-refractivity contribution in [3.8, 4) is 5.88 Å². The van der Waals surface area contributed by atoms with Crippen molar-refractivity contribution in [3.05, 3.63) is 37.8 Å². The zero-order valence-electron chi connectivity index (χ0n) is 9.61. The summed E-state index contributed by atoms with van der Waals surface area (Å²) in [6.07, 6.45) is 2.93. The van der Waals surface area contributed by atoms with E-state index in [2.05, 4.69) is 15.0 Å². The first-order chi connectivity index (χ1) is 9.10. The number of halogens is 1. The van der Waals surface area contributed by atoms with Gasteiger partial charge in [0.25, 0.3) is 0 Å². The van der Waals surface area contributed by atoms with E-state index in [0.29, 0.717) is 9.34 Å². The molecule has 0 aliphatic rings. The predicted molar refractivity (Wildman–Crippen MR) is 71.8 cm³/mol. The Morgan fingerprint density at radius 2 is 2.37 bits per heavy atom. The summed E-state index contributed by atoms with van der Waals surface area (Å²) >= 11 is 6.88. The molecule has 2 aromatic heterocycles. The van der Waals surface area contributed by atoms with E-state index in [9.17, 15) is 10.1 Å². The molecule has 0 atom stereocenters. The number of aliphatic imine (C=N–C) groups is 1. The fourth-order valence-corrected chi connectivity index (χ4v) is 2.05. The van der Waals surface area contributed by atoms with E-state index in [1.165, 1.54) is 43.0 Å². The van der Waals surface area contributed by atoms with Crippen LogP contribution < -0.4 is 4.74 Å². The first-order valence-corrected chi connectivity index (χ1v) is 6.14. The number of rotatable bonds is 4. The lowest BCUT2D eigenvalue weighted by molar-refractivity contribution is -0.384. The quantitative estimate of drug-likeness (QED) is 0.492. The van der Waals surface area contributed by atoms with Crippen LogP contribution >= 0.6 is 22.9 Å². The largest absolute Gasteiger partial charge is 0.481 e. The number of hydrogen-bond donors (Lipinski definition) is 0. The Kier molecular flexibility index (Phi) is 4.03. The van der Waals surface area contributed by atoms with Gasteiger partial charge in [-0.25, -0.2) is 9.98 Å². The Morgan fingerprint density at radius 3 is 2.95 bits per heavy atom. The van der Waals surface area contributed by atoms with Crippen LogP contribution in [0.4, 0.5) is 11.5 Å². The van der Waals surface area contributed by atoms with Gasteiger partial charge in [0.15, 0.2) is 4.47 Å². The van der Waals surface area contributed by atoms with Gasteiger partial charge in [-0.05, 0) is 0 Å². The second-order valence-electron chi connectivity index (χ2n) is 3.23. The van der Waals surface area contributed by atoms with Crippen molar-refractivity contribution in [1.82, 2.24) is 9.97 Å². The second-order valence-corrected chi connectivity index (χ2v) is 4.87. The topological polar surface area (TPSA) is 90.5 Å². The van der Waals surface area contributed by atoms with Gasteiger partial charge in [-0.15, -0.1) is 11.3 Å². The van der Waals surface area contributed by atoms with E-state index in [0.717, 1.165) is 0 Å². The van der Waals surface area contributed by atoms with Crippen LogP contribution in [0.5, 0.6) is 5.88 Å². The number of nitrogens with zero attached hydrogens (tertiary/aromatic N) is 4. The van der Waals surface area contributed by atoms with Gasteiger partial charge in [-0.2, -0.15) is 4.98 Å². The molecule has 7 nitrogen and oxygen atoms in total. The maximum atomic E-state index is 10.9. The Morgan fingerprint density at radius 1 is 1.58 bits per heavy atom. The molecule has 0 unspecified atom stereocenters. The van der Waals surface area contributed by atoms with E-state index in [1.54, 1.807) is 0 Å². The lowest BCUT2D eigenvalue weighted by atomic mass is 10.4. The van der Waals surface area contributed by atoms with E-state index < -0.39 is 4.92 Å². The molecule has 0 N–H and O–H groups in total. The Labute approximate surface area is 116 Å². The smallest absolute Gasteiger partial charge is 0.313 e. The summed E-state index contributed by atoms with van der Waals surface area (Å²) in [5.41, 5.74) is -0.201. The minimum absolute atomic E-state index is 0.0335. The number of methoxy groups -OCH3 is 1. The van der Waals surface area contributed by atoms with E-state index in [1.807, 2.05) is 0 Å². The van der Waals surface area contributed by atoms with E-state index in [4.69, 9.17) is 16.3 Å². The average Bonchev–Trinajstić information content (AvgIpc) is 2.81. The summed E-state index contributed by atoms with van der Waals surface area (Å²) < 4.78 is 5.28. The number of thiazole rings is 1. The third kappa shape index (κ3) is 3.24. The standard InChI is InChI=1S/C10H7ClN4O3S/c1-18-8-3-2-7(15(16)17)9(14-8)12-4-6-5-13-10(11)19-6/h2-5H,1H3. The highest BCUT2D eigenvalue weighted by molar-refractivity contribution is 7.17. The second kappa shape index (κ2) is 5.72. The molecule has 0 aliphatic carbocycles. The van der Waals surface area contributed by atoms with Gasteiger partial charge < -0.3 is 4.74 Å². The summed E-state index contributed by atoms with van der Waals surface area (Å²) in [6.45, 7) is 0. The van der Waals surface area contributed by atoms with Crippen LogP contribution in [0.1, 0.15) is 4.88 Å². The van der Waals surface area contributed by atoms with Gasteiger partial charge in [-0.1, -0.05) is 11.6 Å². The van der Waals surface area contributed by atoms with Crippen molar-refractivity contribution in [1.29, 1.82) is 0 Å². The fourth-order valence-electron chi connectivity index (χ4n) is 1.22. The minimum Gasteiger partial charge on any atom is -0.481 e. The van der Waals surface area contributed by atoms with Crippen molar-refractivity contribution < 1.29 is 9.66 Å². The third-order valence-corrected chi connectivity index (χ3v) is 3.09. The Hall–Kier alpha value is -2.06. The molecular weight excluding hydrogens is 292 g/mol. The Balaban J connectivity index is 2.36. The molecule has 0 aliphatic heterocycles. The van der Waals surface area contributed by atoms with Crippen LogP contribution in [0.15, 0.2) is 23.3 Å². The van der Waals surface area contributed by atoms with Crippen LogP contribution in [0.25, 0.3) is 0 Å². The van der Waals surface area contributed by atoms with Crippen LogP contribution in [0.2, 0.25) is 4.47 Å². The van der Waals surface area contributed by atoms with Crippen LogP contribution in [0, 0.1) is 10.1 Å². The molecule has 0 fully saturated rings. The first kappa shape index (κ1) is 13.4. The maximum Gasteiger partial charge on any atom is 0.313 e. The molecule has 2 heterocycles. The van der Waals surface area contributed by atoms with E-state index >= 15 is 0 Å². The molecular formula is C10H7ClN4O3S. The highest BCUT2D eigenvalue weighted by atomic mass is 35.5. The molecule has 0 bridgehead atoms. The number of hydrogen-bond acceptors (Lipinski definition) is 7. The third-order valence-electron chi connectivity index (χ3n) is 2.04. The molecule has 0 saturated carbocycles. The zero-order chi connectivity index (χ0) is 13.8. The molecule has 2 aromatic rings. The van der Waals surface area contributed by atoms with Crippen LogP contribution in [0.3, 0.4) is 0 Å². The average molecular weight is 299 g/mol. The normalized spacial score (nSPS) is 10.8. The van der Waals surface area contributed by atoms with Gasteiger partial charge >= 0.3 is 5.69 Å². The van der Waals surface area contributed by atoms with Gasteiger partial charge in [0.1, 0.15) is 0 Å². The molecule has 0 aromatic carbocycles. The highest BCUT2D eigenvalue weighted by Gasteiger charge is 2.15. The lowest BCUT2D eigenvalue weighted by Crippen LogP contribution is -1.93. The molecule has 0 radical (unpaired) electrons. The number of pyridine rings is 1. The molecule has 98 valence electrons. The summed E-state index contributed by atoms with van der Waals surface area (Å²) in [5.74, 6) is 0.217. The maximum absolute atomic E-state index is 10.9. The summed E-state index contributed by atoms with van der Waals surface area (Å²) in [4.78, 5) is 22.7. The summed E-state index contributed by atoms with van der Waals surface area (Å²) in [7, 11) is 1.42. The van der Waals surface area contributed by atoms with Gasteiger partial charge in [-0.3, -0.25) is 10.1 Å². The van der Waals surface area contributed by atoms with Crippen molar-refractivity contribution >= 4 is 40.7 Å².